The Labute approximate surface area is 78.1 Å². The summed E-state index contributed by atoms with van der Waals surface area (Å²) in [5.74, 6) is -0.264. The summed E-state index contributed by atoms with van der Waals surface area (Å²) in [6.45, 7) is 0.213. The van der Waals surface area contributed by atoms with Crippen LogP contribution in [0.4, 0.5) is 0 Å². The average molecular weight is 184 g/mol. The molecular weight excluding hydrogens is 168 g/mol. The molecule has 1 aliphatic carbocycles. The van der Waals surface area contributed by atoms with E-state index in [1.54, 1.807) is 0 Å². The molecule has 3 heteroatoms. The highest BCUT2D eigenvalue weighted by Crippen LogP contribution is 2.27. The molecule has 0 heterocycles. The van der Waals surface area contributed by atoms with E-state index in [2.05, 4.69) is 0 Å². The number of carboxylic acid groups (broad SMARTS) is 1. The SMILES string of the molecule is O=C(O)CC1=CCCC(CCO)C1. The van der Waals surface area contributed by atoms with Crippen LogP contribution in [-0.2, 0) is 4.79 Å². The molecule has 0 radical (unpaired) electrons. The highest BCUT2D eigenvalue weighted by atomic mass is 16.4. The van der Waals surface area contributed by atoms with Gasteiger partial charge in [0.25, 0.3) is 0 Å². The second-order valence-electron chi connectivity index (χ2n) is 3.59. The fourth-order valence-corrected chi connectivity index (χ4v) is 1.85. The van der Waals surface area contributed by atoms with Crippen LogP contribution in [0.1, 0.15) is 32.1 Å². The number of carboxylic acids is 1. The maximum atomic E-state index is 10.4. The van der Waals surface area contributed by atoms with E-state index in [9.17, 15) is 4.79 Å². The average Bonchev–Trinajstić information content (AvgIpc) is 2.04. The van der Waals surface area contributed by atoms with Crippen LogP contribution >= 0.6 is 0 Å². The number of aliphatic hydroxyl groups excluding tert-OH is 1. The molecule has 0 saturated heterocycles. The van der Waals surface area contributed by atoms with Gasteiger partial charge >= 0.3 is 5.97 Å². The van der Waals surface area contributed by atoms with Crippen LogP contribution in [0.5, 0.6) is 0 Å². The number of hydrogen-bond acceptors (Lipinski definition) is 2. The number of carbonyl (C=O) groups is 1. The normalized spacial score (nSPS) is 22.5. The Balaban J connectivity index is 2.39. The monoisotopic (exact) mass is 184 g/mol. The summed E-state index contributed by atoms with van der Waals surface area (Å²) in [7, 11) is 0. The summed E-state index contributed by atoms with van der Waals surface area (Å²) in [5.41, 5.74) is 1.03. The molecule has 3 nitrogen and oxygen atoms in total. The molecule has 0 bridgehead atoms. The van der Waals surface area contributed by atoms with Crippen molar-refractivity contribution in [3.63, 3.8) is 0 Å². The standard InChI is InChI=1S/C10H16O3/c11-5-4-8-2-1-3-9(6-8)7-10(12)13/h3,8,11H,1-2,4-7H2,(H,12,13). The lowest BCUT2D eigenvalue weighted by molar-refractivity contribution is -0.136. The largest absolute Gasteiger partial charge is 0.481 e. The molecular formula is C10H16O3. The van der Waals surface area contributed by atoms with Crippen molar-refractivity contribution in [1.82, 2.24) is 0 Å². The lowest BCUT2D eigenvalue weighted by Gasteiger charge is -2.21. The molecule has 1 unspecified atom stereocenters. The van der Waals surface area contributed by atoms with Crippen molar-refractivity contribution >= 4 is 5.97 Å². The molecule has 2 N–H and O–H groups in total. The molecule has 0 fully saturated rings. The number of aliphatic carboxylic acids is 1. The van der Waals surface area contributed by atoms with Crippen LogP contribution in [0.3, 0.4) is 0 Å². The van der Waals surface area contributed by atoms with E-state index in [4.69, 9.17) is 10.2 Å². The second-order valence-corrected chi connectivity index (χ2v) is 3.59. The molecule has 0 spiro atoms. The van der Waals surface area contributed by atoms with Crippen molar-refractivity contribution in [1.29, 1.82) is 0 Å². The molecule has 1 atom stereocenters. The Bertz CT molecular complexity index is 208. The Kier molecular flexibility index (Phi) is 3.96. The maximum absolute atomic E-state index is 10.4. The molecule has 0 aromatic carbocycles. The minimum atomic E-state index is -0.754. The molecule has 0 aromatic heterocycles. The fourth-order valence-electron chi connectivity index (χ4n) is 1.85. The van der Waals surface area contributed by atoms with Gasteiger partial charge in [-0.05, 0) is 31.6 Å². The number of hydrogen-bond donors (Lipinski definition) is 2. The molecule has 74 valence electrons. The number of rotatable bonds is 4. The highest BCUT2D eigenvalue weighted by Gasteiger charge is 2.16. The van der Waals surface area contributed by atoms with Gasteiger partial charge in [0.05, 0.1) is 6.42 Å². The predicted molar refractivity (Wildman–Crippen MR) is 49.4 cm³/mol. The number of allylic oxidation sites excluding steroid dienone is 1. The number of aliphatic hydroxyl groups is 1. The predicted octanol–water partition coefficient (Wildman–Crippen LogP) is 1.57. The second kappa shape index (κ2) is 5.02. The van der Waals surface area contributed by atoms with Crippen molar-refractivity contribution < 1.29 is 15.0 Å². The molecule has 0 saturated carbocycles. The summed E-state index contributed by atoms with van der Waals surface area (Å²) >= 11 is 0. The Morgan fingerprint density at radius 3 is 3.00 bits per heavy atom. The van der Waals surface area contributed by atoms with Crippen LogP contribution in [0.2, 0.25) is 0 Å². The first-order valence-corrected chi connectivity index (χ1v) is 4.73. The zero-order valence-electron chi connectivity index (χ0n) is 7.70. The lowest BCUT2D eigenvalue weighted by atomic mass is 9.85. The Morgan fingerprint density at radius 2 is 2.38 bits per heavy atom. The minimum absolute atomic E-state index is 0.169. The quantitative estimate of drug-likeness (QED) is 0.652. The zero-order chi connectivity index (χ0) is 9.68. The van der Waals surface area contributed by atoms with E-state index in [0.29, 0.717) is 5.92 Å². The van der Waals surface area contributed by atoms with Gasteiger partial charge in [-0.15, -0.1) is 0 Å². The van der Waals surface area contributed by atoms with E-state index in [0.717, 1.165) is 31.3 Å². The van der Waals surface area contributed by atoms with Crippen LogP contribution in [-0.4, -0.2) is 22.8 Å². The van der Waals surface area contributed by atoms with Crippen LogP contribution in [0, 0.1) is 5.92 Å². The van der Waals surface area contributed by atoms with Gasteiger partial charge in [0.2, 0.25) is 0 Å². The minimum Gasteiger partial charge on any atom is -0.481 e. The van der Waals surface area contributed by atoms with Crippen molar-refractivity contribution in [2.24, 2.45) is 5.92 Å². The van der Waals surface area contributed by atoms with Crippen molar-refractivity contribution in [3.8, 4) is 0 Å². The van der Waals surface area contributed by atoms with Crippen molar-refractivity contribution in [2.75, 3.05) is 6.61 Å². The van der Waals surface area contributed by atoms with Crippen LogP contribution in [0.25, 0.3) is 0 Å². The first-order chi connectivity index (χ1) is 6.22. The third kappa shape index (κ3) is 3.59. The summed E-state index contributed by atoms with van der Waals surface area (Å²) < 4.78 is 0. The topological polar surface area (TPSA) is 57.5 Å². The van der Waals surface area contributed by atoms with Gasteiger partial charge in [0.15, 0.2) is 0 Å². The van der Waals surface area contributed by atoms with Gasteiger partial charge in [-0.25, -0.2) is 0 Å². The van der Waals surface area contributed by atoms with Gasteiger partial charge in [0, 0.05) is 6.61 Å². The van der Waals surface area contributed by atoms with E-state index in [1.807, 2.05) is 6.08 Å². The third-order valence-corrected chi connectivity index (χ3v) is 2.47. The molecule has 0 aromatic rings. The summed E-state index contributed by atoms with van der Waals surface area (Å²) in [6, 6.07) is 0. The summed E-state index contributed by atoms with van der Waals surface area (Å²) in [6.07, 6.45) is 5.91. The van der Waals surface area contributed by atoms with Crippen molar-refractivity contribution in [2.45, 2.75) is 32.1 Å². The summed E-state index contributed by atoms with van der Waals surface area (Å²) in [4.78, 5) is 10.4. The molecule has 1 aliphatic rings. The Morgan fingerprint density at radius 1 is 1.62 bits per heavy atom. The molecule has 0 aliphatic heterocycles. The van der Waals surface area contributed by atoms with E-state index < -0.39 is 5.97 Å². The van der Waals surface area contributed by atoms with E-state index in [1.165, 1.54) is 0 Å². The molecule has 0 amide bonds. The van der Waals surface area contributed by atoms with Gasteiger partial charge in [0.1, 0.15) is 0 Å². The van der Waals surface area contributed by atoms with E-state index in [-0.39, 0.29) is 13.0 Å². The highest BCUT2D eigenvalue weighted by molar-refractivity contribution is 5.70. The molecule has 1 rings (SSSR count). The fraction of sp³-hybridized carbons (Fsp3) is 0.700. The first-order valence-electron chi connectivity index (χ1n) is 4.73. The van der Waals surface area contributed by atoms with Crippen LogP contribution < -0.4 is 0 Å². The molecule has 13 heavy (non-hydrogen) atoms. The maximum Gasteiger partial charge on any atom is 0.307 e. The van der Waals surface area contributed by atoms with Gasteiger partial charge in [-0.2, -0.15) is 0 Å². The Hall–Kier alpha value is -0.830. The van der Waals surface area contributed by atoms with Gasteiger partial charge in [-0.3, -0.25) is 4.79 Å². The third-order valence-electron chi connectivity index (χ3n) is 2.47. The van der Waals surface area contributed by atoms with Gasteiger partial charge in [-0.1, -0.05) is 11.6 Å². The van der Waals surface area contributed by atoms with Crippen molar-refractivity contribution in [3.05, 3.63) is 11.6 Å². The summed E-state index contributed by atoms with van der Waals surface area (Å²) in [5, 5.41) is 17.3. The smallest absolute Gasteiger partial charge is 0.307 e. The lowest BCUT2D eigenvalue weighted by Crippen LogP contribution is -2.10. The van der Waals surface area contributed by atoms with Crippen LogP contribution in [0.15, 0.2) is 11.6 Å². The van der Waals surface area contributed by atoms with Gasteiger partial charge < -0.3 is 10.2 Å². The zero-order valence-corrected chi connectivity index (χ0v) is 7.70. The first kappa shape index (κ1) is 10.3. The van der Waals surface area contributed by atoms with E-state index >= 15 is 0 Å².